The first kappa shape index (κ1) is 16.2. The minimum Gasteiger partial charge on any atom is -0.339 e. The Bertz CT molecular complexity index is 584. The summed E-state index contributed by atoms with van der Waals surface area (Å²) in [5.41, 5.74) is 0. The molecule has 2 atom stereocenters. The third-order valence-electron chi connectivity index (χ3n) is 4.42. The molecule has 6 nitrogen and oxygen atoms in total. The molecule has 126 valence electrons. The highest BCUT2D eigenvalue weighted by Crippen LogP contribution is 2.32. The SMILES string of the molecule is CCc1cnc([C@@H](C)NC(=O)NC[C@@H]2CC(=O)N(C3CC3)C2)s1. The lowest BCUT2D eigenvalue weighted by atomic mass is 10.1. The van der Waals surface area contributed by atoms with Crippen LogP contribution in [0.25, 0.3) is 0 Å². The standard InChI is InChI=1S/C16H24N4O2S/c1-3-13-8-17-15(23-13)10(2)19-16(22)18-7-11-6-14(21)20(9-11)12-4-5-12/h8,10-12H,3-7,9H2,1-2H3,(H2,18,19,22)/t10-,11+/m1/s1. The van der Waals surface area contributed by atoms with Gasteiger partial charge in [0.25, 0.3) is 0 Å². The monoisotopic (exact) mass is 336 g/mol. The number of aryl methyl sites for hydroxylation is 1. The second-order valence-corrected chi connectivity index (χ2v) is 7.59. The van der Waals surface area contributed by atoms with Crippen LogP contribution in [0.15, 0.2) is 6.20 Å². The summed E-state index contributed by atoms with van der Waals surface area (Å²) in [4.78, 5) is 31.5. The van der Waals surface area contributed by atoms with Crippen molar-refractivity contribution >= 4 is 23.3 Å². The van der Waals surface area contributed by atoms with E-state index < -0.39 is 0 Å². The van der Waals surface area contributed by atoms with Crippen molar-refractivity contribution in [3.63, 3.8) is 0 Å². The zero-order valence-electron chi connectivity index (χ0n) is 13.7. The predicted molar refractivity (Wildman–Crippen MR) is 89.3 cm³/mol. The van der Waals surface area contributed by atoms with Crippen LogP contribution >= 0.6 is 11.3 Å². The van der Waals surface area contributed by atoms with E-state index in [-0.39, 0.29) is 23.9 Å². The Hall–Kier alpha value is -1.63. The van der Waals surface area contributed by atoms with Crippen LogP contribution in [0.1, 0.15) is 49.0 Å². The molecule has 7 heteroatoms. The number of carbonyl (C=O) groups excluding carboxylic acids is 2. The normalized spacial score (nSPS) is 22.3. The molecule has 0 aromatic carbocycles. The first-order valence-corrected chi connectivity index (χ1v) is 9.17. The summed E-state index contributed by atoms with van der Waals surface area (Å²) in [6, 6.07) is 0.176. The van der Waals surface area contributed by atoms with E-state index in [9.17, 15) is 9.59 Å². The van der Waals surface area contributed by atoms with Gasteiger partial charge in [-0.2, -0.15) is 0 Å². The molecule has 0 bridgehead atoms. The first-order chi connectivity index (χ1) is 11.1. The van der Waals surface area contributed by atoms with Crippen molar-refractivity contribution in [2.24, 2.45) is 5.92 Å². The molecule has 2 N–H and O–H groups in total. The van der Waals surface area contributed by atoms with Crippen molar-refractivity contribution in [3.8, 4) is 0 Å². The predicted octanol–water partition coefficient (Wildman–Crippen LogP) is 2.08. The molecule has 2 heterocycles. The topological polar surface area (TPSA) is 74.3 Å². The molecule has 2 aliphatic rings. The molecule has 3 amide bonds. The van der Waals surface area contributed by atoms with E-state index in [0.29, 0.717) is 19.0 Å². The van der Waals surface area contributed by atoms with E-state index in [4.69, 9.17) is 0 Å². The van der Waals surface area contributed by atoms with E-state index in [1.54, 1.807) is 11.3 Å². The number of hydrogen-bond acceptors (Lipinski definition) is 4. The van der Waals surface area contributed by atoms with Gasteiger partial charge in [-0.15, -0.1) is 11.3 Å². The molecule has 1 saturated heterocycles. The number of rotatable bonds is 6. The van der Waals surface area contributed by atoms with E-state index in [1.165, 1.54) is 4.88 Å². The van der Waals surface area contributed by atoms with Gasteiger partial charge < -0.3 is 15.5 Å². The maximum atomic E-state index is 12.0. The molecule has 23 heavy (non-hydrogen) atoms. The summed E-state index contributed by atoms with van der Waals surface area (Å²) in [6.45, 7) is 5.36. The number of thiazole rings is 1. The largest absolute Gasteiger partial charge is 0.339 e. The Labute approximate surface area is 140 Å². The summed E-state index contributed by atoms with van der Waals surface area (Å²) in [5, 5.41) is 6.73. The number of nitrogens with zero attached hydrogens (tertiary/aromatic N) is 2. The van der Waals surface area contributed by atoms with Gasteiger partial charge in [0.05, 0.1) is 6.04 Å². The smallest absolute Gasteiger partial charge is 0.315 e. The summed E-state index contributed by atoms with van der Waals surface area (Å²) in [6.07, 6.45) is 5.66. The highest BCUT2D eigenvalue weighted by atomic mass is 32.1. The number of carbonyl (C=O) groups is 2. The number of likely N-dealkylation sites (tertiary alicyclic amines) is 1. The van der Waals surface area contributed by atoms with Gasteiger partial charge in [-0.25, -0.2) is 9.78 Å². The van der Waals surface area contributed by atoms with Crippen LogP contribution in [0.2, 0.25) is 0 Å². The molecular weight excluding hydrogens is 312 g/mol. The van der Waals surface area contributed by atoms with Crippen LogP contribution in [0.4, 0.5) is 4.79 Å². The van der Waals surface area contributed by atoms with Gasteiger partial charge in [0.1, 0.15) is 5.01 Å². The van der Waals surface area contributed by atoms with Crippen LogP contribution in [0.5, 0.6) is 0 Å². The number of aromatic nitrogens is 1. The fourth-order valence-electron chi connectivity index (χ4n) is 2.92. The van der Waals surface area contributed by atoms with Crippen molar-refractivity contribution in [1.82, 2.24) is 20.5 Å². The Kier molecular flexibility index (Phi) is 4.84. The van der Waals surface area contributed by atoms with Crippen molar-refractivity contribution in [2.45, 2.75) is 51.6 Å². The molecule has 0 unspecified atom stereocenters. The second kappa shape index (κ2) is 6.86. The van der Waals surface area contributed by atoms with E-state index >= 15 is 0 Å². The molecule has 1 aliphatic carbocycles. The van der Waals surface area contributed by atoms with E-state index in [2.05, 4.69) is 22.5 Å². The second-order valence-electron chi connectivity index (χ2n) is 6.44. The summed E-state index contributed by atoms with van der Waals surface area (Å²) >= 11 is 1.63. The molecule has 1 aromatic heterocycles. The van der Waals surface area contributed by atoms with E-state index in [0.717, 1.165) is 30.8 Å². The quantitative estimate of drug-likeness (QED) is 0.835. The number of hydrogen-bond donors (Lipinski definition) is 2. The Morgan fingerprint density at radius 2 is 2.30 bits per heavy atom. The lowest BCUT2D eigenvalue weighted by Crippen LogP contribution is -2.40. The van der Waals surface area contributed by atoms with Gasteiger partial charge in [0.15, 0.2) is 0 Å². The Balaban J connectivity index is 1.41. The number of nitrogens with one attached hydrogen (secondary N) is 2. The molecular formula is C16H24N4O2S. The highest BCUT2D eigenvalue weighted by Gasteiger charge is 2.39. The molecule has 1 aliphatic heterocycles. The third kappa shape index (κ3) is 4.02. The summed E-state index contributed by atoms with van der Waals surface area (Å²) in [7, 11) is 0. The summed E-state index contributed by atoms with van der Waals surface area (Å²) in [5.74, 6) is 0.471. The van der Waals surface area contributed by atoms with Gasteiger partial charge in [-0.1, -0.05) is 6.92 Å². The van der Waals surface area contributed by atoms with E-state index in [1.807, 2.05) is 18.0 Å². The van der Waals surface area contributed by atoms with Crippen LogP contribution in [0, 0.1) is 5.92 Å². The van der Waals surface area contributed by atoms with Crippen LogP contribution in [-0.2, 0) is 11.2 Å². The minimum atomic E-state index is -0.192. The maximum Gasteiger partial charge on any atom is 0.315 e. The van der Waals surface area contributed by atoms with Crippen molar-refractivity contribution in [2.75, 3.05) is 13.1 Å². The molecule has 2 fully saturated rings. The van der Waals surface area contributed by atoms with Gasteiger partial charge in [-0.3, -0.25) is 4.79 Å². The van der Waals surface area contributed by atoms with Crippen molar-refractivity contribution in [3.05, 3.63) is 16.1 Å². The Morgan fingerprint density at radius 1 is 1.52 bits per heavy atom. The Morgan fingerprint density at radius 3 is 2.96 bits per heavy atom. The number of urea groups is 1. The lowest BCUT2D eigenvalue weighted by molar-refractivity contribution is -0.128. The van der Waals surface area contributed by atoms with Crippen LogP contribution in [0.3, 0.4) is 0 Å². The highest BCUT2D eigenvalue weighted by molar-refractivity contribution is 7.11. The molecule has 3 rings (SSSR count). The van der Waals surface area contributed by atoms with Crippen LogP contribution < -0.4 is 10.6 Å². The molecule has 1 saturated carbocycles. The first-order valence-electron chi connectivity index (χ1n) is 8.35. The summed E-state index contributed by atoms with van der Waals surface area (Å²) < 4.78 is 0. The zero-order chi connectivity index (χ0) is 16.4. The molecule has 0 radical (unpaired) electrons. The fraction of sp³-hybridized carbons (Fsp3) is 0.688. The number of amides is 3. The van der Waals surface area contributed by atoms with Crippen LogP contribution in [-0.4, -0.2) is 41.0 Å². The maximum absolute atomic E-state index is 12.0. The van der Waals surface area contributed by atoms with Crippen molar-refractivity contribution in [1.29, 1.82) is 0 Å². The molecule has 1 aromatic rings. The average Bonchev–Trinajstić information content (AvgIpc) is 3.12. The van der Waals surface area contributed by atoms with Gasteiger partial charge in [0.2, 0.25) is 5.91 Å². The van der Waals surface area contributed by atoms with Gasteiger partial charge >= 0.3 is 6.03 Å². The molecule has 0 spiro atoms. The van der Waals surface area contributed by atoms with Gasteiger partial charge in [0, 0.05) is 42.5 Å². The van der Waals surface area contributed by atoms with Gasteiger partial charge in [-0.05, 0) is 26.2 Å². The third-order valence-corrected chi connectivity index (χ3v) is 5.74. The lowest BCUT2D eigenvalue weighted by Gasteiger charge is -2.16. The van der Waals surface area contributed by atoms with Crippen molar-refractivity contribution < 1.29 is 9.59 Å². The minimum absolute atomic E-state index is 0.103. The average molecular weight is 336 g/mol. The fourth-order valence-corrected chi connectivity index (χ4v) is 3.78. The zero-order valence-corrected chi connectivity index (χ0v) is 14.5.